The van der Waals surface area contributed by atoms with Crippen LogP contribution in [0.3, 0.4) is 0 Å². The van der Waals surface area contributed by atoms with Crippen LogP contribution in [0.2, 0.25) is 0 Å². The summed E-state index contributed by atoms with van der Waals surface area (Å²) >= 11 is 0. The number of aliphatic hydroxyl groups is 2. The van der Waals surface area contributed by atoms with Gasteiger partial charge >= 0.3 is 5.97 Å². The van der Waals surface area contributed by atoms with E-state index in [-0.39, 0.29) is 18.5 Å². The molecule has 0 aromatic carbocycles. The summed E-state index contributed by atoms with van der Waals surface area (Å²) in [6, 6.07) is -0.537. The number of nitrogens with one attached hydrogen (secondary N) is 1. The van der Waals surface area contributed by atoms with Crippen molar-refractivity contribution in [2.24, 2.45) is 0 Å². The molecule has 0 saturated carbocycles. The first-order valence-electron chi connectivity index (χ1n) is 34.3. The van der Waals surface area contributed by atoms with E-state index in [0.717, 1.165) is 38.5 Å². The van der Waals surface area contributed by atoms with E-state index in [1.54, 1.807) is 0 Å². The fraction of sp³-hybridized carbons (Fsp3) is 0.971. The highest BCUT2D eigenvalue weighted by molar-refractivity contribution is 5.76. The number of aliphatic hydroxyl groups excluding tert-OH is 2. The Morgan fingerprint density at radius 1 is 0.324 bits per heavy atom. The average Bonchev–Trinajstić information content (AvgIpc) is 3.40. The molecule has 74 heavy (non-hydrogen) atoms. The maximum absolute atomic E-state index is 12.5. The van der Waals surface area contributed by atoms with Crippen LogP contribution in [0.5, 0.6) is 0 Å². The van der Waals surface area contributed by atoms with Crippen LogP contribution < -0.4 is 5.32 Å². The standard InChI is InChI=1S/C68H135NO5/c1-3-5-7-9-11-13-15-17-33-36-40-44-48-52-56-60-66(71)65(64-70)69-67(72)61-57-53-49-45-41-37-34-31-29-27-25-23-21-19-20-22-24-26-28-30-32-35-39-43-47-51-55-59-63-74-68(73)62-58-54-50-46-42-38-18-16-14-12-10-8-6-4-2/h65-66,70-71H,3-64H2,1-2H3,(H,69,72). The number of unbranched alkanes of at least 4 members (excludes halogenated alkanes) is 54. The van der Waals surface area contributed by atoms with Crippen LogP contribution in [0.25, 0.3) is 0 Å². The minimum Gasteiger partial charge on any atom is -0.466 e. The van der Waals surface area contributed by atoms with E-state index in [1.807, 2.05) is 0 Å². The van der Waals surface area contributed by atoms with Gasteiger partial charge in [0.25, 0.3) is 0 Å². The van der Waals surface area contributed by atoms with Gasteiger partial charge in [0.05, 0.1) is 25.4 Å². The van der Waals surface area contributed by atoms with E-state index in [4.69, 9.17) is 4.74 Å². The molecule has 2 atom stereocenters. The van der Waals surface area contributed by atoms with E-state index < -0.39 is 12.1 Å². The number of amides is 1. The molecule has 0 aliphatic carbocycles. The highest BCUT2D eigenvalue weighted by atomic mass is 16.5. The van der Waals surface area contributed by atoms with Crippen molar-refractivity contribution in [2.75, 3.05) is 13.2 Å². The predicted molar refractivity (Wildman–Crippen MR) is 324 cm³/mol. The molecular weight excluding hydrogens is 911 g/mol. The maximum atomic E-state index is 12.5. The summed E-state index contributed by atoms with van der Waals surface area (Å²) in [6.45, 7) is 5.00. The van der Waals surface area contributed by atoms with Gasteiger partial charge in [-0.2, -0.15) is 0 Å². The molecule has 0 spiro atoms. The van der Waals surface area contributed by atoms with Gasteiger partial charge in [-0.3, -0.25) is 9.59 Å². The van der Waals surface area contributed by atoms with Gasteiger partial charge in [-0.05, 0) is 25.7 Å². The molecule has 0 aliphatic rings. The zero-order valence-electron chi connectivity index (χ0n) is 50.6. The lowest BCUT2D eigenvalue weighted by Gasteiger charge is -2.22. The maximum Gasteiger partial charge on any atom is 0.305 e. The molecule has 6 heteroatoms. The minimum absolute atomic E-state index is 0.0222. The van der Waals surface area contributed by atoms with Crippen molar-refractivity contribution in [3.05, 3.63) is 0 Å². The Hall–Kier alpha value is -1.14. The van der Waals surface area contributed by atoms with Gasteiger partial charge in [0.15, 0.2) is 0 Å². The van der Waals surface area contributed by atoms with Crippen LogP contribution >= 0.6 is 0 Å². The second-order valence-corrected chi connectivity index (χ2v) is 23.9. The Morgan fingerprint density at radius 3 is 0.824 bits per heavy atom. The van der Waals surface area contributed by atoms with Gasteiger partial charge in [0.1, 0.15) is 0 Å². The lowest BCUT2D eigenvalue weighted by Crippen LogP contribution is -2.45. The Balaban J connectivity index is 3.32. The average molecular weight is 1050 g/mol. The number of esters is 1. The molecule has 6 nitrogen and oxygen atoms in total. The predicted octanol–water partition coefficient (Wildman–Crippen LogP) is 21.8. The molecule has 0 heterocycles. The van der Waals surface area contributed by atoms with Crippen molar-refractivity contribution in [1.82, 2.24) is 5.32 Å². The highest BCUT2D eigenvalue weighted by Gasteiger charge is 2.20. The number of rotatable bonds is 65. The topological polar surface area (TPSA) is 95.9 Å². The van der Waals surface area contributed by atoms with Crippen LogP contribution in [0.4, 0.5) is 0 Å². The lowest BCUT2D eigenvalue weighted by atomic mass is 10.0. The number of hydrogen-bond donors (Lipinski definition) is 3. The van der Waals surface area contributed by atoms with Crippen LogP contribution in [-0.4, -0.2) is 47.4 Å². The van der Waals surface area contributed by atoms with Crippen molar-refractivity contribution in [3.8, 4) is 0 Å². The third-order valence-corrected chi connectivity index (χ3v) is 16.4. The summed E-state index contributed by atoms with van der Waals surface area (Å²) in [5, 5.41) is 23.3. The zero-order chi connectivity index (χ0) is 53.6. The second-order valence-electron chi connectivity index (χ2n) is 23.9. The molecular formula is C68H135NO5. The Bertz CT molecular complexity index is 1070. The quantitative estimate of drug-likeness (QED) is 0.0417. The zero-order valence-corrected chi connectivity index (χ0v) is 50.6. The Labute approximate surface area is 464 Å². The van der Waals surface area contributed by atoms with Gasteiger partial charge in [0.2, 0.25) is 5.91 Å². The monoisotopic (exact) mass is 1050 g/mol. The van der Waals surface area contributed by atoms with Crippen LogP contribution in [0, 0.1) is 0 Å². The van der Waals surface area contributed by atoms with Gasteiger partial charge in [0, 0.05) is 12.8 Å². The molecule has 0 aliphatic heterocycles. The molecule has 1 amide bonds. The van der Waals surface area contributed by atoms with Gasteiger partial charge < -0.3 is 20.3 Å². The summed E-state index contributed by atoms with van der Waals surface area (Å²) in [5.41, 5.74) is 0. The number of carbonyl (C=O) groups excluding carboxylic acids is 2. The van der Waals surface area contributed by atoms with Crippen molar-refractivity contribution in [3.63, 3.8) is 0 Å². The number of hydrogen-bond acceptors (Lipinski definition) is 5. The van der Waals surface area contributed by atoms with Crippen LogP contribution in [0.15, 0.2) is 0 Å². The molecule has 0 aromatic rings. The van der Waals surface area contributed by atoms with Crippen molar-refractivity contribution in [2.45, 2.75) is 411 Å². The molecule has 0 bridgehead atoms. The van der Waals surface area contributed by atoms with Crippen molar-refractivity contribution < 1.29 is 24.5 Å². The molecule has 3 N–H and O–H groups in total. The molecule has 0 radical (unpaired) electrons. The van der Waals surface area contributed by atoms with Crippen LogP contribution in [0.1, 0.15) is 399 Å². The summed E-state index contributed by atoms with van der Waals surface area (Å²) in [5.74, 6) is -0.00598. The van der Waals surface area contributed by atoms with Gasteiger partial charge in [-0.25, -0.2) is 0 Å². The van der Waals surface area contributed by atoms with E-state index in [0.29, 0.717) is 25.9 Å². The Kier molecular flexibility index (Phi) is 63.4. The lowest BCUT2D eigenvalue weighted by molar-refractivity contribution is -0.143. The largest absolute Gasteiger partial charge is 0.466 e. The normalized spacial score (nSPS) is 12.4. The fourth-order valence-corrected chi connectivity index (χ4v) is 11.2. The summed E-state index contributed by atoms with van der Waals surface area (Å²) < 4.78 is 5.50. The first kappa shape index (κ1) is 72.9. The SMILES string of the molecule is CCCCCCCCCCCCCCCCCC(O)C(CO)NC(=O)CCCCCCCCCCCCCCCCCCCCCCCCCCCCCCOC(=O)CCCCCCCCCCCCCCCC. The summed E-state index contributed by atoms with van der Waals surface area (Å²) in [7, 11) is 0. The summed E-state index contributed by atoms with van der Waals surface area (Å²) in [6.07, 6.45) is 77.2. The molecule has 0 rings (SSSR count). The fourth-order valence-electron chi connectivity index (χ4n) is 11.2. The third-order valence-electron chi connectivity index (χ3n) is 16.4. The number of carbonyl (C=O) groups is 2. The Morgan fingerprint density at radius 2 is 0.554 bits per heavy atom. The first-order chi connectivity index (χ1) is 36.5. The molecule has 442 valence electrons. The van der Waals surface area contributed by atoms with Crippen LogP contribution in [-0.2, 0) is 14.3 Å². The first-order valence-corrected chi connectivity index (χ1v) is 34.3. The van der Waals surface area contributed by atoms with Gasteiger partial charge in [-0.1, -0.05) is 361 Å². The van der Waals surface area contributed by atoms with E-state index in [2.05, 4.69) is 19.2 Å². The molecule has 0 fully saturated rings. The third kappa shape index (κ3) is 60.1. The molecule has 0 saturated heterocycles. The van der Waals surface area contributed by atoms with Crippen molar-refractivity contribution >= 4 is 11.9 Å². The number of ether oxygens (including phenoxy) is 1. The molecule has 0 aromatic heterocycles. The summed E-state index contributed by atoms with van der Waals surface area (Å²) in [4.78, 5) is 24.6. The van der Waals surface area contributed by atoms with Crippen molar-refractivity contribution in [1.29, 1.82) is 0 Å². The van der Waals surface area contributed by atoms with Gasteiger partial charge in [-0.15, -0.1) is 0 Å². The molecule has 2 unspecified atom stereocenters. The highest BCUT2D eigenvalue weighted by Crippen LogP contribution is 2.19. The minimum atomic E-state index is -0.660. The second kappa shape index (κ2) is 64.4. The van der Waals surface area contributed by atoms with E-state index in [1.165, 1.54) is 327 Å². The smallest absolute Gasteiger partial charge is 0.305 e. The van der Waals surface area contributed by atoms with E-state index >= 15 is 0 Å². The van der Waals surface area contributed by atoms with E-state index in [9.17, 15) is 19.8 Å².